The second-order valence-corrected chi connectivity index (χ2v) is 9.10. The minimum Gasteiger partial charge on any atom is -0.490 e. The van der Waals surface area contributed by atoms with Crippen molar-refractivity contribution in [3.63, 3.8) is 0 Å². The van der Waals surface area contributed by atoms with E-state index in [0.29, 0.717) is 31.3 Å². The number of hydrogen-bond acceptors (Lipinski definition) is 3. The van der Waals surface area contributed by atoms with Crippen LogP contribution in [0.2, 0.25) is 0 Å². The van der Waals surface area contributed by atoms with Crippen molar-refractivity contribution >= 4 is 11.6 Å². The molecule has 4 nitrogen and oxygen atoms in total. The first-order valence-corrected chi connectivity index (χ1v) is 10.7. The molecule has 0 aliphatic rings. The highest BCUT2D eigenvalue weighted by molar-refractivity contribution is 5.97. The van der Waals surface area contributed by atoms with Gasteiger partial charge in [0.2, 0.25) is 0 Å². The van der Waals surface area contributed by atoms with Crippen LogP contribution in [0.3, 0.4) is 0 Å². The van der Waals surface area contributed by atoms with Gasteiger partial charge in [0.05, 0.1) is 6.10 Å². The minimum absolute atomic E-state index is 0.0420. The number of ether oxygens (including phenoxy) is 2. The first-order chi connectivity index (χ1) is 13.0. The molecule has 0 bridgehead atoms. The maximum atomic E-state index is 13.4. The number of aryl methyl sites for hydroxylation is 2. The van der Waals surface area contributed by atoms with E-state index in [2.05, 4.69) is 39.9 Å². The molecule has 0 aliphatic heterocycles. The van der Waals surface area contributed by atoms with Crippen molar-refractivity contribution in [3.8, 4) is 5.75 Å². The van der Waals surface area contributed by atoms with Crippen molar-refractivity contribution in [3.05, 3.63) is 23.3 Å². The predicted octanol–water partition coefficient (Wildman–Crippen LogP) is 6.29. The number of hydrogen-bond donors (Lipinski definition) is 1. The molecule has 0 unspecified atom stereocenters. The summed E-state index contributed by atoms with van der Waals surface area (Å²) in [5, 5.41) is 3.15. The molecule has 160 valence electrons. The Morgan fingerprint density at radius 1 is 1.00 bits per heavy atom. The summed E-state index contributed by atoms with van der Waals surface area (Å²) in [6, 6.07) is 3.97. The zero-order chi connectivity index (χ0) is 21.5. The fraction of sp³-hybridized carbons (Fsp3) is 0.708. The van der Waals surface area contributed by atoms with E-state index in [9.17, 15) is 4.79 Å². The van der Waals surface area contributed by atoms with Gasteiger partial charge in [-0.25, -0.2) is 0 Å². The van der Waals surface area contributed by atoms with Crippen LogP contribution in [0.15, 0.2) is 12.1 Å². The molecular weight excluding hydrogens is 350 g/mol. The molecule has 0 radical (unpaired) electrons. The molecule has 1 amide bonds. The van der Waals surface area contributed by atoms with Gasteiger partial charge in [0, 0.05) is 12.3 Å². The Morgan fingerprint density at radius 2 is 1.50 bits per heavy atom. The smallest absolute Gasteiger partial charge is 0.256 e. The molecule has 28 heavy (non-hydrogen) atoms. The topological polar surface area (TPSA) is 47.6 Å². The highest BCUT2D eigenvalue weighted by Gasteiger charge is 2.40. The van der Waals surface area contributed by atoms with Crippen LogP contribution in [0, 0.1) is 25.7 Å². The third-order valence-corrected chi connectivity index (χ3v) is 4.54. The summed E-state index contributed by atoms with van der Waals surface area (Å²) in [4.78, 5) is 13.4. The average Bonchev–Trinajstić information content (AvgIpc) is 2.54. The zero-order valence-corrected chi connectivity index (χ0v) is 19.4. The molecule has 4 heteroatoms. The number of carbonyl (C=O) groups is 1. The Kier molecular flexibility index (Phi) is 9.49. The Balaban J connectivity index is 3.18. The van der Waals surface area contributed by atoms with Gasteiger partial charge in [-0.05, 0) is 82.1 Å². The lowest BCUT2D eigenvalue weighted by molar-refractivity contribution is -0.147. The normalized spacial score (nSPS) is 12.1. The molecule has 1 rings (SSSR count). The van der Waals surface area contributed by atoms with Crippen LogP contribution in [-0.2, 0) is 9.53 Å². The molecule has 0 atom stereocenters. The van der Waals surface area contributed by atoms with Crippen LogP contribution < -0.4 is 10.1 Å². The van der Waals surface area contributed by atoms with Gasteiger partial charge < -0.3 is 14.8 Å². The zero-order valence-electron chi connectivity index (χ0n) is 19.4. The monoisotopic (exact) mass is 391 g/mol. The summed E-state index contributed by atoms with van der Waals surface area (Å²) < 4.78 is 12.2. The van der Waals surface area contributed by atoms with E-state index < -0.39 is 5.60 Å². The number of anilines is 1. The van der Waals surface area contributed by atoms with Crippen molar-refractivity contribution in [2.45, 2.75) is 93.3 Å². The number of nitrogens with one attached hydrogen (secondary N) is 1. The summed E-state index contributed by atoms with van der Waals surface area (Å²) in [5.74, 6) is 1.59. The maximum absolute atomic E-state index is 13.4. The van der Waals surface area contributed by atoms with Crippen LogP contribution in [0.25, 0.3) is 0 Å². The third-order valence-electron chi connectivity index (χ3n) is 4.54. The van der Waals surface area contributed by atoms with Gasteiger partial charge >= 0.3 is 0 Å². The lowest BCUT2D eigenvalue weighted by Crippen LogP contribution is -2.48. The van der Waals surface area contributed by atoms with E-state index in [1.165, 1.54) is 0 Å². The SMILES string of the molecule is CCCOC(CC(C)C)(CC(C)C)C(=O)Nc1cc(C)c(OC(C)C)c(C)c1. The fourth-order valence-electron chi connectivity index (χ4n) is 3.76. The van der Waals surface area contributed by atoms with E-state index in [1.807, 2.05) is 39.8 Å². The number of benzene rings is 1. The first-order valence-electron chi connectivity index (χ1n) is 10.7. The van der Waals surface area contributed by atoms with Crippen molar-refractivity contribution in [2.24, 2.45) is 11.8 Å². The van der Waals surface area contributed by atoms with Gasteiger partial charge in [-0.1, -0.05) is 34.6 Å². The molecule has 0 heterocycles. The molecule has 0 saturated carbocycles. The molecule has 0 saturated heterocycles. The highest BCUT2D eigenvalue weighted by Crippen LogP contribution is 2.33. The van der Waals surface area contributed by atoms with Gasteiger partial charge in [-0.2, -0.15) is 0 Å². The summed E-state index contributed by atoms with van der Waals surface area (Å²) >= 11 is 0. The third kappa shape index (κ3) is 7.12. The van der Waals surface area contributed by atoms with Crippen molar-refractivity contribution in [1.82, 2.24) is 0 Å². The largest absolute Gasteiger partial charge is 0.490 e. The number of carbonyl (C=O) groups excluding carboxylic acids is 1. The minimum atomic E-state index is -0.798. The van der Waals surface area contributed by atoms with Gasteiger partial charge in [-0.3, -0.25) is 4.79 Å². The molecular formula is C24H41NO3. The molecule has 0 aromatic heterocycles. The Bertz CT molecular complexity index is 602. The highest BCUT2D eigenvalue weighted by atomic mass is 16.5. The van der Waals surface area contributed by atoms with Crippen molar-refractivity contribution in [2.75, 3.05) is 11.9 Å². The Morgan fingerprint density at radius 3 is 1.89 bits per heavy atom. The first kappa shape index (κ1) is 24.5. The molecule has 0 aliphatic carbocycles. The number of rotatable bonds is 11. The molecule has 0 fully saturated rings. The Labute approximate surface area is 172 Å². The van der Waals surface area contributed by atoms with Crippen LogP contribution in [0.5, 0.6) is 5.75 Å². The number of amides is 1. The van der Waals surface area contributed by atoms with Gasteiger partial charge in [0.1, 0.15) is 11.4 Å². The molecule has 1 N–H and O–H groups in total. The van der Waals surface area contributed by atoms with Crippen LogP contribution >= 0.6 is 0 Å². The average molecular weight is 392 g/mol. The van der Waals surface area contributed by atoms with Gasteiger partial charge in [0.15, 0.2) is 0 Å². The van der Waals surface area contributed by atoms with Gasteiger partial charge in [-0.15, -0.1) is 0 Å². The van der Waals surface area contributed by atoms with Gasteiger partial charge in [0.25, 0.3) is 5.91 Å². The van der Waals surface area contributed by atoms with Crippen LogP contribution in [-0.4, -0.2) is 24.2 Å². The van der Waals surface area contributed by atoms with E-state index >= 15 is 0 Å². The van der Waals surface area contributed by atoms with Crippen molar-refractivity contribution < 1.29 is 14.3 Å². The standard InChI is InChI=1S/C24H41NO3/c1-10-11-27-24(14-16(2)3,15-17(4)5)23(26)25-21-12-19(8)22(20(9)13-21)28-18(6)7/h12-13,16-18H,10-11,14-15H2,1-9H3,(H,25,26). The summed E-state index contributed by atoms with van der Waals surface area (Å²) in [6.45, 7) is 19.3. The van der Waals surface area contributed by atoms with E-state index in [-0.39, 0.29) is 12.0 Å². The molecule has 0 spiro atoms. The fourth-order valence-corrected chi connectivity index (χ4v) is 3.76. The van der Waals surface area contributed by atoms with Crippen molar-refractivity contribution in [1.29, 1.82) is 0 Å². The summed E-state index contributed by atoms with van der Waals surface area (Å²) in [7, 11) is 0. The van der Waals surface area contributed by atoms with Crippen LogP contribution in [0.4, 0.5) is 5.69 Å². The maximum Gasteiger partial charge on any atom is 0.256 e. The van der Waals surface area contributed by atoms with Crippen LogP contribution in [0.1, 0.15) is 78.9 Å². The van der Waals surface area contributed by atoms with E-state index in [4.69, 9.17) is 9.47 Å². The van der Waals surface area contributed by atoms with E-state index in [0.717, 1.165) is 29.0 Å². The molecule has 1 aromatic carbocycles. The lowest BCUT2D eigenvalue weighted by Gasteiger charge is -2.35. The summed E-state index contributed by atoms with van der Waals surface area (Å²) in [6.07, 6.45) is 2.43. The lowest BCUT2D eigenvalue weighted by atomic mass is 9.83. The predicted molar refractivity (Wildman–Crippen MR) is 118 cm³/mol. The second kappa shape index (κ2) is 10.8. The van der Waals surface area contributed by atoms with E-state index in [1.54, 1.807) is 0 Å². The Hall–Kier alpha value is -1.55. The summed E-state index contributed by atoms with van der Waals surface area (Å²) in [5.41, 5.74) is 2.05. The quantitative estimate of drug-likeness (QED) is 0.482. The second-order valence-electron chi connectivity index (χ2n) is 9.10. The molecule has 1 aromatic rings.